The number of esters is 2. The van der Waals surface area contributed by atoms with E-state index in [2.05, 4.69) is 15.5 Å². The Morgan fingerprint density at radius 1 is 1.32 bits per heavy atom. The molecule has 13 nitrogen and oxygen atoms in total. The Morgan fingerprint density at radius 2 is 2.10 bits per heavy atom. The highest BCUT2D eigenvalue weighted by Crippen LogP contribution is 2.44. The van der Waals surface area contributed by atoms with Crippen LogP contribution in [0.3, 0.4) is 0 Å². The van der Waals surface area contributed by atoms with Crippen molar-refractivity contribution in [3.05, 3.63) is 21.7 Å². The van der Waals surface area contributed by atoms with E-state index in [0.717, 1.165) is 17.8 Å². The Bertz CT molecular complexity index is 1220. The highest BCUT2D eigenvalue weighted by molar-refractivity contribution is 8.06. The summed E-state index contributed by atoms with van der Waals surface area (Å²) in [5.41, 5.74) is 5.09. The van der Waals surface area contributed by atoms with Crippen molar-refractivity contribution >= 4 is 69.5 Å². The number of nitrogen functional groups attached to an aromatic ring is 1. The fraction of sp³-hybridized carbons (Fsp3) is 0.583. The topological polar surface area (TPSA) is 172 Å². The molecule has 4 rings (SSSR count). The molecule has 0 radical (unpaired) electrons. The summed E-state index contributed by atoms with van der Waals surface area (Å²) in [5, 5.41) is 7.68. The Morgan fingerprint density at radius 3 is 2.73 bits per heavy atom. The highest BCUT2D eigenvalue weighted by Gasteiger charge is 2.55. The molecule has 0 spiro atoms. The summed E-state index contributed by atoms with van der Waals surface area (Å²) in [5.74, 6) is -0.993. The van der Waals surface area contributed by atoms with Gasteiger partial charge in [-0.05, 0) is 33.1 Å². The van der Waals surface area contributed by atoms with Crippen molar-refractivity contribution in [1.29, 1.82) is 0 Å². The third-order valence-corrected chi connectivity index (χ3v) is 9.55. The van der Waals surface area contributed by atoms with Crippen LogP contribution in [-0.4, -0.2) is 89.4 Å². The third-order valence-electron chi connectivity index (χ3n) is 6.09. The van der Waals surface area contributed by atoms with E-state index in [1.54, 1.807) is 26.2 Å². The van der Waals surface area contributed by atoms with E-state index in [1.807, 2.05) is 0 Å². The summed E-state index contributed by atoms with van der Waals surface area (Å²) in [7, 11) is 1.29. The maximum absolute atomic E-state index is 13.3. The zero-order chi connectivity index (χ0) is 29.0. The minimum absolute atomic E-state index is 0.0908. The van der Waals surface area contributed by atoms with Gasteiger partial charge in [-0.2, -0.15) is 0 Å². The number of thiazole rings is 1. The first kappa shape index (κ1) is 30.1. The molecule has 0 aromatic carbocycles. The average Bonchev–Trinajstić information content (AvgIpc) is 3.59. The molecule has 2 saturated heterocycles. The van der Waals surface area contributed by atoms with Gasteiger partial charge in [-0.25, -0.2) is 9.78 Å². The van der Waals surface area contributed by atoms with Gasteiger partial charge in [-0.1, -0.05) is 5.16 Å². The SMILES string of the molecule is CON=C(C(=O)NC1C(=O)N2C(C(=O)OCOC(=O)C(C)(C)C)=C(SCC3CCOC3)CS[C@@H]12)c1csc(N)n1. The van der Waals surface area contributed by atoms with Crippen molar-refractivity contribution in [3.8, 4) is 0 Å². The molecule has 2 amide bonds. The van der Waals surface area contributed by atoms with Gasteiger partial charge in [0.05, 0.1) is 12.0 Å². The number of thioether (sulfide) groups is 2. The number of carbonyl (C=O) groups is 4. The molecule has 218 valence electrons. The summed E-state index contributed by atoms with van der Waals surface area (Å²) in [6, 6.07) is -0.924. The van der Waals surface area contributed by atoms with Crippen LogP contribution in [-0.2, 0) is 38.2 Å². The van der Waals surface area contributed by atoms with Crippen LogP contribution in [0.1, 0.15) is 32.9 Å². The fourth-order valence-corrected chi connectivity index (χ4v) is 7.25. The van der Waals surface area contributed by atoms with Gasteiger partial charge in [-0.15, -0.1) is 34.9 Å². The van der Waals surface area contributed by atoms with Gasteiger partial charge in [0.15, 0.2) is 10.8 Å². The number of carbonyl (C=O) groups excluding carboxylic acids is 4. The largest absolute Gasteiger partial charge is 0.427 e. The quantitative estimate of drug-likeness (QED) is 0.128. The van der Waals surface area contributed by atoms with Crippen LogP contribution in [0.15, 0.2) is 21.1 Å². The minimum atomic E-state index is -0.924. The first-order valence-electron chi connectivity index (χ1n) is 12.4. The molecular formula is C24H31N5O8S3. The average molecular weight is 614 g/mol. The van der Waals surface area contributed by atoms with Gasteiger partial charge in [0.2, 0.25) is 6.79 Å². The van der Waals surface area contributed by atoms with Gasteiger partial charge in [0.1, 0.15) is 29.9 Å². The molecule has 4 heterocycles. The van der Waals surface area contributed by atoms with Crippen LogP contribution in [0, 0.1) is 11.3 Å². The van der Waals surface area contributed by atoms with Crippen molar-refractivity contribution in [2.45, 2.75) is 38.6 Å². The minimum Gasteiger partial charge on any atom is -0.427 e. The number of nitrogens with two attached hydrogens (primary N) is 1. The Balaban J connectivity index is 1.49. The van der Waals surface area contributed by atoms with Crippen molar-refractivity contribution < 1.29 is 38.2 Å². The normalized spacial score (nSPS) is 22.9. The van der Waals surface area contributed by atoms with Crippen LogP contribution in [0.4, 0.5) is 5.13 Å². The molecule has 3 aliphatic rings. The molecule has 3 atom stereocenters. The van der Waals surface area contributed by atoms with Crippen molar-refractivity contribution in [2.75, 3.05) is 44.4 Å². The number of β-lactam (4-membered cyclic amide) rings is 1. The number of nitrogens with one attached hydrogen (secondary N) is 1. The van der Waals surface area contributed by atoms with Gasteiger partial charge in [-0.3, -0.25) is 19.3 Å². The summed E-state index contributed by atoms with van der Waals surface area (Å²) in [6.07, 6.45) is 0.922. The van der Waals surface area contributed by atoms with Crippen molar-refractivity contribution in [3.63, 3.8) is 0 Å². The fourth-order valence-electron chi connectivity index (χ4n) is 3.95. The number of hydrogen-bond acceptors (Lipinski definition) is 14. The number of aromatic nitrogens is 1. The summed E-state index contributed by atoms with van der Waals surface area (Å²) < 4.78 is 15.8. The summed E-state index contributed by atoms with van der Waals surface area (Å²) >= 11 is 4.03. The van der Waals surface area contributed by atoms with Crippen LogP contribution >= 0.6 is 34.9 Å². The van der Waals surface area contributed by atoms with Crippen LogP contribution in [0.5, 0.6) is 0 Å². The second-order valence-corrected chi connectivity index (χ2v) is 13.2. The van der Waals surface area contributed by atoms with Crippen molar-refractivity contribution in [2.24, 2.45) is 16.5 Å². The molecule has 1 aromatic heterocycles. The number of fused-ring (bicyclic) bond motifs is 1. The molecule has 2 fully saturated rings. The molecule has 0 saturated carbocycles. The molecule has 40 heavy (non-hydrogen) atoms. The Labute approximate surface area is 243 Å². The van der Waals surface area contributed by atoms with E-state index in [0.29, 0.717) is 35.5 Å². The van der Waals surface area contributed by atoms with Crippen molar-refractivity contribution in [1.82, 2.24) is 15.2 Å². The lowest BCUT2D eigenvalue weighted by molar-refractivity contribution is -0.173. The summed E-state index contributed by atoms with van der Waals surface area (Å²) in [6.45, 7) is 5.81. The van der Waals surface area contributed by atoms with E-state index in [-0.39, 0.29) is 22.2 Å². The van der Waals surface area contributed by atoms with Crippen LogP contribution in [0.2, 0.25) is 0 Å². The smallest absolute Gasteiger partial charge is 0.358 e. The predicted molar refractivity (Wildman–Crippen MR) is 150 cm³/mol. The van der Waals surface area contributed by atoms with E-state index >= 15 is 0 Å². The highest BCUT2D eigenvalue weighted by atomic mass is 32.2. The van der Waals surface area contributed by atoms with Gasteiger partial charge in [0.25, 0.3) is 11.8 Å². The second-order valence-electron chi connectivity index (χ2n) is 10.1. The maximum atomic E-state index is 13.3. The Kier molecular flexibility index (Phi) is 9.64. The second kappa shape index (κ2) is 12.8. The van der Waals surface area contributed by atoms with Gasteiger partial charge in [0, 0.05) is 28.4 Å². The molecule has 1 aromatic rings. The molecular weight excluding hydrogens is 582 g/mol. The first-order valence-corrected chi connectivity index (χ1v) is 15.3. The third kappa shape index (κ3) is 6.72. The maximum Gasteiger partial charge on any atom is 0.358 e. The molecule has 3 N–H and O–H groups in total. The monoisotopic (exact) mass is 613 g/mol. The van der Waals surface area contributed by atoms with Crippen LogP contribution in [0.25, 0.3) is 0 Å². The van der Waals surface area contributed by atoms with E-state index in [4.69, 9.17) is 24.8 Å². The predicted octanol–water partition coefficient (Wildman–Crippen LogP) is 1.55. The van der Waals surface area contributed by atoms with Gasteiger partial charge >= 0.3 is 11.9 Å². The standard InChI is InChI=1S/C24H31N5O8S3/c1-24(2,3)22(33)37-11-36-21(32)17-14(38-8-12-5-6-35-7-12)10-39-20-16(19(31)29(17)20)27-18(30)15(28-34-4)13-9-40-23(25)26-13/h9,12,16,20H,5-8,10-11H2,1-4H3,(H2,25,26)(H,27,30)/t12?,16?,20-/m0/s1. The Hall–Kier alpha value is -2.82. The van der Waals surface area contributed by atoms with Crippen LogP contribution < -0.4 is 11.1 Å². The zero-order valence-corrected chi connectivity index (χ0v) is 24.9. The first-order chi connectivity index (χ1) is 19.0. The zero-order valence-electron chi connectivity index (χ0n) is 22.5. The molecule has 2 unspecified atom stereocenters. The lowest BCUT2D eigenvalue weighted by Crippen LogP contribution is -2.71. The molecule has 3 aliphatic heterocycles. The number of amides is 2. The lowest BCUT2D eigenvalue weighted by atomic mass is 9.98. The summed E-state index contributed by atoms with van der Waals surface area (Å²) in [4.78, 5) is 62.5. The number of hydrogen-bond donors (Lipinski definition) is 2. The van der Waals surface area contributed by atoms with Gasteiger partial charge < -0.3 is 30.1 Å². The molecule has 0 aliphatic carbocycles. The lowest BCUT2D eigenvalue weighted by Gasteiger charge is -2.49. The number of nitrogens with zero attached hydrogens (tertiary/aromatic N) is 3. The van der Waals surface area contributed by atoms with E-state index in [1.165, 1.54) is 35.5 Å². The molecule has 0 bridgehead atoms. The van der Waals surface area contributed by atoms with E-state index in [9.17, 15) is 19.2 Å². The molecule has 16 heteroatoms. The number of rotatable bonds is 10. The van der Waals surface area contributed by atoms with E-state index < -0.39 is 47.4 Å². The number of oxime groups is 1. The number of ether oxygens (including phenoxy) is 3. The number of anilines is 1.